The van der Waals surface area contributed by atoms with Crippen LogP contribution in [0.25, 0.3) is 0 Å². The van der Waals surface area contributed by atoms with Gasteiger partial charge in [0.05, 0.1) is 0 Å². The molecule has 1 unspecified atom stereocenters. The van der Waals surface area contributed by atoms with E-state index in [1.807, 2.05) is 0 Å². The zero-order chi connectivity index (χ0) is 12.4. The Morgan fingerprint density at radius 1 is 1.65 bits per heavy atom. The summed E-state index contributed by atoms with van der Waals surface area (Å²) >= 11 is 1.19. The Morgan fingerprint density at radius 2 is 2.41 bits per heavy atom. The minimum atomic E-state index is -0.0400. The average molecular weight is 252 g/mol. The zero-order valence-electron chi connectivity index (χ0n) is 9.29. The van der Waals surface area contributed by atoms with Gasteiger partial charge in [0.2, 0.25) is 11.9 Å². The van der Waals surface area contributed by atoms with Gasteiger partial charge < -0.3 is 5.73 Å². The molecule has 2 heterocycles. The molecule has 1 fully saturated rings. The first-order valence-corrected chi connectivity index (χ1v) is 6.00. The number of nitrogen functional groups attached to an aromatic ring is 1. The highest BCUT2D eigenvalue weighted by Gasteiger charge is 2.32. The molecule has 17 heavy (non-hydrogen) atoms. The fourth-order valence-corrected chi connectivity index (χ4v) is 2.64. The Bertz CT molecular complexity index is 465. The second-order valence-corrected chi connectivity index (χ2v) is 5.19. The fourth-order valence-electron chi connectivity index (χ4n) is 1.72. The van der Waals surface area contributed by atoms with Crippen molar-refractivity contribution in [2.24, 2.45) is 0 Å². The maximum Gasteiger partial charge on any atom is 0.229 e. The highest BCUT2D eigenvalue weighted by Crippen LogP contribution is 2.27. The number of nitrogens with two attached hydrogens (primary N) is 1. The summed E-state index contributed by atoms with van der Waals surface area (Å²) in [6, 6.07) is 1.63. The highest BCUT2D eigenvalue weighted by atomic mass is 32.2. The van der Waals surface area contributed by atoms with E-state index in [2.05, 4.69) is 9.97 Å². The number of hydrogen-bond donors (Lipinski definition) is 1. The lowest BCUT2D eigenvalue weighted by atomic mass is 10.4. The third-order valence-corrected chi connectivity index (χ3v) is 3.34. The zero-order valence-corrected chi connectivity index (χ0v) is 10.1. The average Bonchev–Trinajstić information content (AvgIpc) is 2.58. The molecular formula is C10H12N4O2S. The Balaban J connectivity index is 2.13. The summed E-state index contributed by atoms with van der Waals surface area (Å²) in [5.74, 6) is 0.592. The van der Waals surface area contributed by atoms with E-state index in [1.54, 1.807) is 11.0 Å². The number of thioether (sulfide) groups is 1. The van der Waals surface area contributed by atoms with E-state index < -0.39 is 0 Å². The van der Waals surface area contributed by atoms with Crippen molar-refractivity contribution in [2.45, 2.75) is 18.6 Å². The highest BCUT2D eigenvalue weighted by molar-refractivity contribution is 8.14. The van der Waals surface area contributed by atoms with Gasteiger partial charge in [0.25, 0.3) is 0 Å². The van der Waals surface area contributed by atoms with E-state index in [4.69, 9.17) is 5.73 Å². The van der Waals surface area contributed by atoms with Crippen LogP contribution in [0.3, 0.4) is 0 Å². The van der Waals surface area contributed by atoms with E-state index in [0.29, 0.717) is 18.8 Å². The molecule has 0 radical (unpaired) electrons. The quantitative estimate of drug-likeness (QED) is 0.821. The summed E-state index contributed by atoms with van der Waals surface area (Å²) in [5, 5.41) is 0.0167. The monoisotopic (exact) mass is 252 g/mol. The summed E-state index contributed by atoms with van der Waals surface area (Å²) < 4.78 is 0. The van der Waals surface area contributed by atoms with Gasteiger partial charge in [-0.2, -0.15) is 4.98 Å². The first-order chi connectivity index (χ1) is 8.06. The molecule has 1 saturated heterocycles. The molecule has 7 heteroatoms. The van der Waals surface area contributed by atoms with E-state index in [9.17, 15) is 9.59 Å². The molecule has 1 aromatic rings. The largest absolute Gasteiger partial charge is 0.368 e. The maximum absolute atomic E-state index is 11.8. The number of hydrogen-bond acceptors (Lipinski definition) is 6. The van der Waals surface area contributed by atoms with Crippen molar-refractivity contribution in [1.29, 1.82) is 0 Å². The van der Waals surface area contributed by atoms with Gasteiger partial charge in [0.15, 0.2) is 5.12 Å². The van der Waals surface area contributed by atoms with Crippen molar-refractivity contribution >= 4 is 34.6 Å². The molecule has 1 amide bonds. The molecule has 0 spiro atoms. The summed E-state index contributed by atoms with van der Waals surface area (Å²) in [6.45, 7) is 1.99. The maximum atomic E-state index is 11.8. The molecule has 0 aliphatic carbocycles. The summed E-state index contributed by atoms with van der Waals surface area (Å²) in [4.78, 5) is 32.1. The van der Waals surface area contributed by atoms with Gasteiger partial charge in [0, 0.05) is 31.3 Å². The SMILES string of the molecule is CC(=O)SC1CC(=O)N(c2ccnc(N)n2)C1. The van der Waals surface area contributed by atoms with Gasteiger partial charge in [0.1, 0.15) is 5.82 Å². The number of aromatic nitrogens is 2. The van der Waals surface area contributed by atoms with Crippen molar-refractivity contribution in [2.75, 3.05) is 17.2 Å². The molecular weight excluding hydrogens is 240 g/mol. The van der Waals surface area contributed by atoms with Gasteiger partial charge in [-0.3, -0.25) is 14.5 Å². The topological polar surface area (TPSA) is 89.2 Å². The van der Waals surface area contributed by atoms with Crippen LogP contribution in [-0.4, -0.2) is 32.8 Å². The van der Waals surface area contributed by atoms with Crippen LogP contribution in [-0.2, 0) is 9.59 Å². The van der Waals surface area contributed by atoms with E-state index in [1.165, 1.54) is 24.9 Å². The lowest BCUT2D eigenvalue weighted by Gasteiger charge is -2.14. The summed E-state index contributed by atoms with van der Waals surface area (Å²) in [7, 11) is 0. The van der Waals surface area contributed by atoms with Gasteiger partial charge >= 0.3 is 0 Å². The number of amides is 1. The fraction of sp³-hybridized carbons (Fsp3) is 0.400. The Morgan fingerprint density at radius 3 is 3.06 bits per heavy atom. The standard InChI is InChI=1S/C10H12N4O2S/c1-6(15)17-7-4-9(16)14(5-7)8-2-3-12-10(11)13-8/h2-3,7H,4-5H2,1H3,(H2,11,12,13). The van der Waals surface area contributed by atoms with Crippen molar-refractivity contribution in [3.05, 3.63) is 12.3 Å². The number of carbonyl (C=O) groups excluding carboxylic acids is 2. The van der Waals surface area contributed by atoms with Crippen molar-refractivity contribution in [1.82, 2.24) is 9.97 Å². The number of rotatable bonds is 2. The molecule has 1 aliphatic rings. The number of carbonyl (C=O) groups is 2. The van der Waals surface area contributed by atoms with Gasteiger partial charge in [-0.15, -0.1) is 0 Å². The molecule has 2 N–H and O–H groups in total. The van der Waals surface area contributed by atoms with Gasteiger partial charge in [-0.05, 0) is 6.07 Å². The van der Waals surface area contributed by atoms with Gasteiger partial charge in [-0.1, -0.05) is 11.8 Å². The molecule has 1 atom stereocenters. The molecule has 1 aliphatic heterocycles. The van der Waals surface area contributed by atoms with E-state index in [-0.39, 0.29) is 22.2 Å². The Kier molecular flexibility index (Phi) is 3.28. The minimum Gasteiger partial charge on any atom is -0.368 e. The van der Waals surface area contributed by atoms with E-state index >= 15 is 0 Å². The Hall–Kier alpha value is -1.63. The molecule has 0 saturated carbocycles. The first-order valence-electron chi connectivity index (χ1n) is 5.12. The first kappa shape index (κ1) is 11.8. The van der Waals surface area contributed by atoms with Crippen molar-refractivity contribution in [3.8, 4) is 0 Å². The molecule has 6 nitrogen and oxygen atoms in total. The predicted molar refractivity (Wildman–Crippen MR) is 65.5 cm³/mol. The van der Waals surface area contributed by atoms with Crippen LogP contribution in [0.2, 0.25) is 0 Å². The Labute approximate surface area is 103 Å². The van der Waals surface area contributed by atoms with Gasteiger partial charge in [-0.25, -0.2) is 4.98 Å². The molecule has 1 aromatic heterocycles. The number of anilines is 2. The molecule has 2 rings (SSSR count). The van der Waals surface area contributed by atoms with Crippen LogP contribution < -0.4 is 10.6 Å². The number of nitrogens with zero attached hydrogens (tertiary/aromatic N) is 3. The summed E-state index contributed by atoms with van der Waals surface area (Å²) in [5.41, 5.74) is 5.47. The van der Waals surface area contributed by atoms with Crippen LogP contribution in [0.15, 0.2) is 12.3 Å². The van der Waals surface area contributed by atoms with Crippen LogP contribution in [0, 0.1) is 0 Å². The summed E-state index contributed by atoms with van der Waals surface area (Å²) in [6.07, 6.45) is 1.87. The lowest BCUT2D eigenvalue weighted by molar-refractivity contribution is -0.117. The van der Waals surface area contributed by atoms with Crippen LogP contribution in [0.5, 0.6) is 0 Å². The normalized spacial score (nSPS) is 19.7. The van der Waals surface area contributed by atoms with Crippen molar-refractivity contribution < 1.29 is 9.59 Å². The second kappa shape index (κ2) is 4.70. The minimum absolute atomic E-state index is 0.00353. The van der Waals surface area contributed by atoms with Crippen LogP contribution >= 0.6 is 11.8 Å². The lowest BCUT2D eigenvalue weighted by Crippen LogP contribution is -2.26. The van der Waals surface area contributed by atoms with Crippen LogP contribution in [0.1, 0.15) is 13.3 Å². The smallest absolute Gasteiger partial charge is 0.229 e. The molecule has 0 bridgehead atoms. The second-order valence-electron chi connectivity index (χ2n) is 3.71. The molecule has 0 aromatic carbocycles. The molecule has 90 valence electrons. The predicted octanol–water partition coefficient (Wildman–Crippen LogP) is 0.444. The third-order valence-electron chi connectivity index (χ3n) is 2.36. The van der Waals surface area contributed by atoms with Crippen molar-refractivity contribution in [3.63, 3.8) is 0 Å². The van der Waals surface area contributed by atoms with Crippen LogP contribution in [0.4, 0.5) is 11.8 Å². The van der Waals surface area contributed by atoms with E-state index in [0.717, 1.165) is 0 Å². The third kappa shape index (κ3) is 2.73.